The van der Waals surface area contributed by atoms with Crippen LogP contribution < -0.4 is 15.8 Å². The Bertz CT molecular complexity index is 1170. The third-order valence-corrected chi connectivity index (χ3v) is 5.39. The Balaban J connectivity index is 1.55. The lowest BCUT2D eigenvalue weighted by molar-refractivity contribution is 0.373. The number of aryl methyl sites for hydroxylation is 1. The van der Waals surface area contributed by atoms with E-state index in [1.807, 2.05) is 48.3 Å². The molecule has 0 saturated heterocycles. The van der Waals surface area contributed by atoms with E-state index in [4.69, 9.17) is 15.5 Å². The Morgan fingerprint density at radius 1 is 1.24 bits per heavy atom. The second-order valence-corrected chi connectivity index (χ2v) is 7.51. The molecule has 1 saturated carbocycles. The van der Waals surface area contributed by atoms with Crippen LogP contribution in [0.25, 0.3) is 28.0 Å². The molecule has 3 heterocycles. The van der Waals surface area contributed by atoms with Crippen molar-refractivity contribution in [2.24, 2.45) is 12.8 Å². The number of aromatic nitrogens is 5. The second kappa shape index (κ2) is 6.89. The third kappa shape index (κ3) is 3.21. The molecule has 8 heteroatoms. The maximum Gasteiger partial charge on any atom is 0.140 e. The molecule has 3 aromatic heterocycles. The van der Waals surface area contributed by atoms with Gasteiger partial charge in [0.15, 0.2) is 0 Å². The molecule has 148 valence electrons. The highest BCUT2D eigenvalue weighted by Crippen LogP contribution is 2.34. The summed E-state index contributed by atoms with van der Waals surface area (Å²) in [4.78, 5) is 9.34. The summed E-state index contributed by atoms with van der Waals surface area (Å²) in [6, 6.07) is 10.7. The molecule has 0 aliphatic heterocycles. The van der Waals surface area contributed by atoms with Gasteiger partial charge in [-0.05, 0) is 31.0 Å². The number of pyridine rings is 1. The van der Waals surface area contributed by atoms with E-state index in [-0.39, 0.29) is 0 Å². The van der Waals surface area contributed by atoms with Crippen molar-refractivity contribution < 1.29 is 4.74 Å². The van der Waals surface area contributed by atoms with Gasteiger partial charge in [0.2, 0.25) is 0 Å². The van der Waals surface area contributed by atoms with Gasteiger partial charge in [-0.3, -0.25) is 9.25 Å². The van der Waals surface area contributed by atoms with Crippen LogP contribution in [0.15, 0.2) is 49.1 Å². The lowest BCUT2D eigenvalue weighted by Gasteiger charge is -2.33. The molecule has 8 nitrogen and oxygen atoms in total. The molecule has 4 aromatic rings. The molecular weight excluding hydrogens is 366 g/mol. The van der Waals surface area contributed by atoms with Crippen molar-refractivity contribution in [2.45, 2.75) is 24.9 Å². The number of methoxy groups -OCH3 is 1. The molecule has 0 unspecified atom stereocenters. The Kier molecular flexibility index (Phi) is 4.21. The summed E-state index contributed by atoms with van der Waals surface area (Å²) in [5.41, 5.74) is 9.65. The van der Waals surface area contributed by atoms with E-state index in [0.29, 0.717) is 12.1 Å². The molecule has 0 spiro atoms. The fourth-order valence-electron chi connectivity index (χ4n) is 3.80. The Hall–Kier alpha value is -3.39. The summed E-state index contributed by atoms with van der Waals surface area (Å²) in [7, 11) is 3.57. The van der Waals surface area contributed by atoms with Gasteiger partial charge >= 0.3 is 0 Å². The number of nitrogens with one attached hydrogen (secondary N) is 1. The number of nitrogens with two attached hydrogens (primary N) is 1. The number of hydrogen-bond acceptors (Lipinski definition) is 6. The normalized spacial score (nSPS) is 18.6. The average molecular weight is 389 g/mol. The van der Waals surface area contributed by atoms with E-state index in [1.54, 1.807) is 18.1 Å². The van der Waals surface area contributed by atoms with Crippen LogP contribution >= 0.6 is 0 Å². The van der Waals surface area contributed by atoms with E-state index < -0.39 is 0 Å². The number of imidazole rings is 1. The van der Waals surface area contributed by atoms with Crippen molar-refractivity contribution in [1.82, 2.24) is 24.3 Å². The molecule has 0 atom stereocenters. The van der Waals surface area contributed by atoms with E-state index in [0.717, 1.165) is 52.4 Å². The van der Waals surface area contributed by atoms with Gasteiger partial charge in [-0.15, -0.1) is 0 Å². The van der Waals surface area contributed by atoms with Gasteiger partial charge in [-0.1, -0.05) is 6.07 Å². The van der Waals surface area contributed by atoms with Crippen LogP contribution in [-0.2, 0) is 7.05 Å². The fraction of sp³-hybridized carbons (Fsp3) is 0.286. The first kappa shape index (κ1) is 17.7. The zero-order valence-corrected chi connectivity index (χ0v) is 16.4. The van der Waals surface area contributed by atoms with Crippen LogP contribution in [0.1, 0.15) is 12.8 Å². The molecule has 29 heavy (non-hydrogen) atoms. The van der Waals surface area contributed by atoms with Crippen molar-refractivity contribution >= 4 is 16.9 Å². The van der Waals surface area contributed by atoms with E-state index in [2.05, 4.69) is 21.5 Å². The molecule has 1 aliphatic rings. The van der Waals surface area contributed by atoms with Gasteiger partial charge in [0.25, 0.3) is 0 Å². The second-order valence-electron chi connectivity index (χ2n) is 7.51. The maximum atomic E-state index is 5.89. The number of anilines is 1. The number of ether oxygens (including phenoxy) is 1. The zero-order chi connectivity index (χ0) is 20.0. The molecule has 3 N–H and O–H groups in total. The van der Waals surface area contributed by atoms with Crippen molar-refractivity contribution in [3.8, 4) is 22.7 Å². The fourth-order valence-corrected chi connectivity index (χ4v) is 3.80. The van der Waals surface area contributed by atoms with Crippen LogP contribution in [0.4, 0.5) is 5.82 Å². The Labute approximate surface area is 168 Å². The minimum atomic E-state index is 0.300. The number of rotatable bonds is 5. The molecule has 0 amide bonds. The monoisotopic (exact) mass is 389 g/mol. The standard InChI is InChI=1S/C21H23N7O/c1-27-11-13(10-24-27)16-8-18-17(9-19(16)29-2)23-12-28(18)21-5-3-4-20(26-21)25-15-6-14(22)7-15/h3-5,8-12,14-15H,6-7,22H2,1-2H3,(H,25,26). The van der Waals surface area contributed by atoms with E-state index in [9.17, 15) is 0 Å². The summed E-state index contributed by atoms with van der Waals surface area (Å²) >= 11 is 0. The summed E-state index contributed by atoms with van der Waals surface area (Å²) in [5, 5.41) is 7.75. The maximum absolute atomic E-state index is 5.89. The minimum Gasteiger partial charge on any atom is -0.496 e. The predicted octanol–water partition coefficient (Wildman–Crippen LogP) is 2.73. The molecule has 1 aromatic carbocycles. The topological polar surface area (TPSA) is 95.8 Å². The van der Waals surface area contributed by atoms with Crippen molar-refractivity contribution in [1.29, 1.82) is 0 Å². The van der Waals surface area contributed by atoms with E-state index in [1.165, 1.54) is 0 Å². The highest BCUT2D eigenvalue weighted by atomic mass is 16.5. The largest absolute Gasteiger partial charge is 0.496 e. The summed E-state index contributed by atoms with van der Waals surface area (Å²) < 4.78 is 9.37. The predicted molar refractivity (Wildman–Crippen MR) is 112 cm³/mol. The average Bonchev–Trinajstić information content (AvgIpc) is 3.31. The van der Waals surface area contributed by atoms with Crippen LogP contribution in [0, 0.1) is 0 Å². The number of fused-ring (bicyclic) bond motifs is 1. The number of hydrogen-bond donors (Lipinski definition) is 2. The number of benzene rings is 1. The van der Waals surface area contributed by atoms with Crippen molar-refractivity contribution in [3.05, 3.63) is 49.1 Å². The molecule has 1 fully saturated rings. The smallest absolute Gasteiger partial charge is 0.140 e. The Morgan fingerprint density at radius 2 is 2.10 bits per heavy atom. The quantitative estimate of drug-likeness (QED) is 0.545. The van der Waals surface area contributed by atoms with Crippen LogP contribution in [-0.4, -0.2) is 43.5 Å². The third-order valence-electron chi connectivity index (χ3n) is 5.39. The van der Waals surface area contributed by atoms with Gasteiger partial charge < -0.3 is 15.8 Å². The van der Waals surface area contributed by atoms with Gasteiger partial charge in [0.05, 0.1) is 24.3 Å². The van der Waals surface area contributed by atoms with Crippen LogP contribution in [0.5, 0.6) is 5.75 Å². The first-order valence-corrected chi connectivity index (χ1v) is 9.64. The molecule has 5 rings (SSSR count). The SMILES string of the molecule is COc1cc2ncn(-c3cccc(NC4CC(N)C4)n3)c2cc1-c1cnn(C)c1. The molecule has 1 aliphatic carbocycles. The van der Waals surface area contributed by atoms with Gasteiger partial charge in [0.1, 0.15) is 23.7 Å². The lowest BCUT2D eigenvalue weighted by atomic mass is 9.88. The van der Waals surface area contributed by atoms with Gasteiger partial charge in [0, 0.05) is 42.5 Å². The number of nitrogens with zero attached hydrogens (tertiary/aromatic N) is 5. The van der Waals surface area contributed by atoms with Crippen molar-refractivity contribution in [2.75, 3.05) is 12.4 Å². The molecular formula is C21H23N7O. The lowest BCUT2D eigenvalue weighted by Crippen LogP contribution is -2.44. The first-order chi connectivity index (χ1) is 14.1. The molecule has 0 bridgehead atoms. The highest BCUT2D eigenvalue weighted by molar-refractivity contribution is 5.87. The van der Waals surface area contributed by atoms with E-state index >= 15 is 0 Å². The highest BCUT2D eigenvalue weighted by Gasteiger charge is 2.25. The Morgan fingerprint density at radius 3 is 2.83 bits per heavy atom. The first-order valence-electron chi connectivity index (χ1n) is 9.64. The minimum absolute atomic E-state index is 0.300. The summed E-state index contributed by atoms with van der Waals surface area (Å²) in [6.07, 6.45) is 7.55. The van der Waals surface area contributed by atoms with Crippen molar-refractivity contribution in [3.63, 3.8) is 0 Å². The zero-order valence-electron chi connectivity index (χ0n) is 16.4. The summed E-state index contributed by atoms with van der Waals surface area (Å²) in [6.45, 7) is 0. The van der Waals surface area contributed by atoms with Crippen LogP contribution in [0.3, 0.4) is 0 Å². The van der Waals surface area contributed by atoms with Crippen LogP contribution in [0.2, 0.25) is 0 Å². The van der Waals surface area contributed by atoms with Gasteiger partial charge in [-0.2, -0.15) is 5.10 Å². The summed E-state index contributed by atoms with van der Waals surface area (Å²) in [5.74, 6) is 2.42. The van der Waals surface area contributed by atoms with Gasteiger partial charge in [-0.25, -0.2) is 9.97 Å². The molecule has 0 radical (unpaired) electrons.